The summed E-state index contributed by atoms with van der Waals surface area (Å²) in [7, 11) is 0. The first-order valence-electron chi connectivity index (χ1n) is 6.53. The Morgan fingerprint density at radius 1 is 1.33 bits per heavy atom. The molecule has 1 aliphatic rings. The fourth-order valence-electron chi connectivity index (χ4n) is 2.06. The van der Waals surface area contributed by atoms with Gasteiger partial charge < -0.3 is 9.47 Å². The van der Waals surface area contributed by atoms with E-state index in [4.69, 9.17) is 9.47 Å². The maximum atomic E-state index is 11.9. The van der Waals surface area contributed by atoms with E-state index in [-0.39, 0.29) is 12.1 Å². The summed E-state index contributed by atoms with van der Waals surface area (Å²) in [5, 5.41) is 0. The highest BCUT2D eigenvalue weighted by Crippen LogP contribution is 2.15. The molecule has 3 heteroatoms. The number of ether oxygens (including phenoxy) is 2. The van der Waals surface area contributed by atoms with Gasteiger partial charge in [0.15, 0.2) is 0 Å². The molecule has 0 bridgehead atoms. The van der Waals surface area contributed by atoms with Crippen molar-refractivity contribution >= 4 is 5.97 Å². The van der Waals surface area contributed by atoms with E-state index in [0.29, 0.717) is 12.2 Å². The highest BCUT2D eigenvalue weighted by Gasteiger charge is 2.16. The Morgan fingerprint density at radius 2 is 2.17 bits per heavy atom. The van der Waals surface area contributed by atoms with Crippen molar-refractivity contribution in [3.63, 3.8) is 0 Å². The molecule has 0 aliphatic carbocycles. The van der Waals surface area contributed by atoms with Crippen molar-refractivity contribution in [2.45, 2.75) is 39.2 Å². The van der Waals surface area contributed by atoms with E-state index in [1.165, 1.54) is 5.56 Å². The van der Waals surface area contributed by atoms with Crippen molar-refractivity contribution in [3.8, 4) is 0 Å². The molecule has 1 unspecified atom stereocenters. The van der Waals surface area contributed by atoms with Crippen LogP contribution in [0.1, 0.15) is 40.7 Å². The first kappa shape index (κ1) is 13.1. The molecule has 1 aromatic carbocycles. The third-order valence-corrected chi connectivity index (χ3v) is 3.42. The summed E-state index contributed by atoms with van der Waals surface area (Å²) in [6.45, 7) is 5.17. The highest BCUT2D eigenvalue weighted by atomic mass is 16.6. The van der Waals surface area contributed by atoms with Gasteiger partial charge in [0.2, 0.25) is 0 Å². The SMILES string of the molecule is Cc1ccc(C(=O)OCC2CCCCO2)cc1C. The molecule has 1 fully saturated rings. The molecule has 1 aromatic rings. The van der Waals surface area contributed by atoms with Crippen molar-refractivity contribution < 1.29 is 14.3 Å². The van der Waals surface area contributed by atoms with Crippen LogP contribution in [-0.4, -0.2) is 25.3 Å². The third kappa shape index (κ3) is 3.33. The maximum Gasteiger partial charge on any atom is 0.338 e. The van der Waals surface area contributed by atoms with E-state index in [1.807, 2.05) is 32.0 Å². The minimum atomic E-state index is -0.257. The second-order valence-corrected chi connectivity index (χ2v) is 4.89. The topological polar surface area (TPSA) is 35.5 Å². The maximum absolute atomic E-state index is 11.9. The first-order valence-corrected chi connectivity index (χ1v) is 6.53. The van der Waals surface area contributed by atoms with Gasteiger partial charge >= 0.3 is 5.97 Å². The summed E-state index contributed by atoms with van der Waals surface area (Å²) in [4.78, 5) is 11.9. The van der Waals surface area contributed by atoms with Crippen LogP contribution in [0.4, 0.5) is 0 Å². The number of carbonyl (C=O) groups is 1. The van der Waals surface area contributed by atoms with Crippen LogP contribution in [0.25, 0.3) is 0 Å². The monoisotopic (exact) mass is 248 g/mol. The normalized spacial score (nSPS) is 19.6. The molecule has 0 radical (unpaired) electrons. The molecule has 1 atom stereocenters. The van der Waals surface area contributed by atoms with Crippen LogP contribution in [0, 0.1) is 13.8 Å². The standard InChI is InChI=1S/C15H20O3/c1-11-6-7-13(9-12(11)2)15(16)18-10-14-5-3-4-8-17-14/h6-7,9,14H,3-5,8,10H2,1-2H3. The molecule has 1 aliphatic heterocycles. The molecule has 0 N–H and O–H groups in total. The smallest absolute Gasteiger partial charge is 0.338 e. The van der Waals surface area contributed by atoms with Crippen LogP contribution in [0.15, 0.2) is 18.2 Å². The molecule has 0 aromatic heterocycles. The van der Waals surface area contributed by atoms with Crippen molar-refractivity contribution in [1.82, 2.24) is 0 Å². The summed E-state index contributed by atoms with van der Waals surface area (Å²) < 4.78 is 10.8. The Bertz CT molecular complexity index is 420. The predicted octanol–water partition coefficient (Wildman–Crippen LogP) is 3.03. The van der Waals surface area contributed by atoms with Gasteiger partial charge in [-0.25, -0.2) is 4.79 Å². The number of rotatable bonds is 3. The largest absolute Gasteiger partial charge is 0.459 e. The first-order chi connectivity index (χ1) is 8.66. The van der Waals surface area contributed by atoms with Gasteiger partial charge in [-0.05, 0) is 56.4 Å². The van der Waals surface area contributed by atoms with Crippen LogP contribution in [0.2, 0.25) is 0 Å². The Kier molecular flexibility index (Phi) is 4.37. The molecule has 18 heavy (non-hydrogen) atoms. The molecule has 98 valence electrons. The summed E-state index contributed by atoms with van der Waals surface area (Å²) in [6, 6.07) is 5.63. The van der Waals surface area contributed by atoms with Crippen LogP contribution in [-0.2, 0) is 9.47 Å². The Balaban J connectivity index is 1.88. The van der Waals surface area contributed by atoms with Crippen molar-refractivity contribution in [1.29, 1.82) is 0 Å². The quantitative estimate of drug-likeness (QED) is 0.771. The summed E-state index contributed by atoms with van der Waals surface area (Å²) in [5.74, 6) is -0.257. The van der Waals surface area contributed by atoms with Crippen LogP contribution >= 0.6 is 0 Å². The van der Waals surface area contributed by atoms with Crippen LogP contribution in [0.3, 0.4) is 0 Å². The van der Waals surface area contributed by atoms with Gasteiger partial charge in [0.05, 0.1) is 11.7 Å². The zero-order valence-corrected chi connectivity index (χ0v) is 11.1. The molecular formula is C15H20O3. The van der Waals surface area contributed by atoms with E-state index >= 15 is 0 Å². The number of benzene rings is 1. The van der Waals surface area contributed by atoms with Gasteiger partial charge in [-0.15, -0.1) is 0 Å². The zero-order chi connectivity index (χ0) is 13.0. The molecular weight excluding hydrogens is 228 g/mol. The van der Waals surface area contributed by atoms with E-state index in [0.717, 1.165) is 31.4 Å². The van der Waals surface area contributed by atoms with Gasteiger partial charge in [-0.1, -0.05) is 6.07 Å². The Labute approximate surface area is 108 Å². The number of carbonyl (C=O) groups excluding carboxylic acids is 1. The Hall–Kier alpha value is -1.35. The van der Waals surface area contributed by atoms with Gasteiger partial charge in [0.25, 0.3) is 0 Å². The molecule has 3 nitrogen and oxygen atoms in total. The molecule has 1 heterocycles. The van der Waals surface area contributed by atoms with E-state index in [1.54, 1.807) is 0 Å². The second-order valence-electron chi connectivity index (χ2n) is 4.89. The minimum Gasteiger partial charge on any atom is -0.459 e. The van der Waals surface area contributed by atoms with E-state index in [2.05, 4.69) is 0 Å². The van der Waals surface area contributed by atoms with Gasteiger partial charge in [0.1, 0.15) is 6.61 Å². The molecule has 2 rings (SSSR count). The van der Waals surface area contributed by atoms with Gasteiger partial charge in [-0.3, -0.25) is 0 Å². The lowest BCUT2D eigenvalue weighted by Crippen LogP contribution is -2.25. The Morgan fingerprint density at radius 3 is 2.83 bits per heavy atom. The number of aryl methyl sites for hydroxylation is 2. The predicted molar refractivity (Wildman–Crippen MR) is 69.8 cm³/mol. The van der Waals surface area contributed by atoms with Crippen LogP contribution in [0.5, 0.6) is 0 Å². The summed E-state index contributed by atoms with van der Waals surface area (Å²) in [5.41, 5.74) is 2.91. The summed E-state index contributed by atoms with van der Waals surface area (Å²) >= 11 is 0. The number of hydrogen-bond donors (Lipinski definition) is 0. The highest BCUT2D eigenvalue weighted by molar-refractivity contribution is 5.89. The van der Waals surface area contributed by atoms with Gasteiger partial charge in [-0.2, -0.15) is 0 Å². The van der Waals surface area contributed by atoms with Crippen molar-refractivity contribution in [3.05, 3.63) is 34.9 Å². The van der Waals surface area contributed by atoms with Crippen molar-refractivity contribution in [2.24, 2.45) is 0 Å². The molecule has 0 spiro atoms. The van der Waals surface area contributed by atoms with Crippen molar-refractivity contribution in [2.75, 3.05) is 13.2 Å². The average Bonchev–Trinajstić information content (AvgIpc) is 2.40. The average molecular weight is 248 g/mol. The number of esters is 1. The fraction of sp³-hybridized carbons (Fsp3) is 0.533. The second kappa shape index (κ2) is 6.01. The fourth-order valence-corrected chi connectivity index (χ4v) is 2.06. The van der Waals surface area contributed by atoms with E-state index < -0.39 is 0 Å². The van der Waals surface area contributed by atoms with Crippen LogP contribution < -0.4 is 0 Å². The lowest BCUT2D eigenvalue weighted by atomic mass is 10.1. The van der Waals surface area contributed by atoms with E-state index in [9.17, 15) is 4.79 Å². The lowest BCUT2D eigenvalue weighted by molar-refractivity contribution is -0.0300. The molecule has 0 saturated carbocycles. The zero-order valence-electron chi connectivity index (χ0n) is 11.1. The third-order valence-electron chi connectivity index (χ3n) is 3.42. The molecule has 0 amide bonds. The van der Waals surface area contributed by atoms with Gasteiger partial charge in [0, 0.05) is 6.61 Å². The minimum absolute atomic E-state index is 0.0780. The lowest BCUT2D eigenvalue weighted by Gasteiger charge is -2.22. The number of hydrogen-bond acceptors (Lipinski definition) is 3. The summed E-state index contributed by atoms with van der Waals surface area (Å²) in [6.07, 6.45) is 3.34. The molecule has 1 saturated heterocycles.